The van der Waals surface area contributed by atoms with Crippen LogP contribution < -0.4 is 4.57 Å². The van der Waals surface area contributed by atoms with Crippen LogP contribution in [0.2, 0.25) is 18.6 Å². The van der Waals surface area contributed by atoms with Gasteiger partial charge in [-0.15, -0.1) is 23.7 Å². The number of benzene rings is 2. The Morgan fingerprint density at radius 3 is 2.09 bits per heavy atom. The van der Waals surface area contributed by atoms with Crippen LogP contribution in [0.15, 0.2) is 72.8 Å². The normalized spacial score (nSPS) is 24.4. The van der Waals surface area contributed by atoms with Crippen molar-refractivity contribution in [3.63, 3.8) is 0 Å². The van der Waals surface area contributed by atoms with Crippen molar-refractivity contribution in [3.8, 4) is 12.3 Å². The summed E-state index contributed by atoms with van der Waals surface area (Å²) in [7, 11) is 7.76. The SMILES string of the molecule is C#C[C@@H]1C[C@@H]2C=CC=C[C@@H]2C1[Si](C)(C)N1c2ccccc2[N-]c2ccccc21.[CH3-].[Cl][Ti][Cl]. The average molecular weight is 515 g/mol. The van der Waals surface area contributed by atoms with Crippen molar-refractivity contribution in [3.05, 3.63) is 85.6 Å². The Labute approximate surface area is 210 Å². The van der Waals surface area contributed by atoms with E-state index in [2.05, 4.69) is 96.4 Å². The minimum atomic E-state index is -2.02. The second-order valence-electron chi connectivity index (χ2n) is 8.70. The molecule has 1 aliphatic heterocycles. The summed E-state index contributed by atoms with van der Waals surface area (Å²) in [6.45, 7) is 4.99. The first-order valence-electron chi connectivity index (χ1n) is 10.5. The van der Waals surface area contributed by atoms with Crippen LogP contribution in [0.1, 0.15) is 6.42 Å². The predicted molar refractivity (Wildman–Crippen MR) is 139 cm³/mol. The standard InChI is InChI=1S/C25H25N2Si.CH3.2ClH.Ti/c1-4-18-17-19-11-5-6-12-20(19)25(18)28(2,3)27-23-15-9-7-13-21(23)26-22-14-8-10-16-24(22)27;;;;/h1,5-16,18-20,25H,17H2,2-3H3;1H3;2*1H;/q2*-1;;;+2/p-2/t18-,19+,20+,25?;;;;/m1..../s1. The molecule has 3 aliphatic rings. The summed E-state index contributed by atoms with van der Waals surface area (Å²) in [5, 5.41) is 4.94. The molecule has 1 fully saturated rings. The van der Waals surface area contributed by atoms with Gasteiger partial charge in [-0.05, 0) is 35.9 Å². The molecule has 1 unspecified atom stereocenters. The second kappa shape index (κ2) is 10.7. The van der Waals surface area contributed by atoms with Gasteiger partial charge in [0, 0.05) is 17.3 Å². The maximum atomic E-state index is 6.08. The first-order chi connectivity index (χ1) is 15.0. The zero-order valence-corrected chi connectivity index (χ0v) is 22.7. The van der Waals surface area contributed by atoms with Gasteiger partial charge in [-0.25, -0.2) is 0 Å². The number of nitrogens with zero attached hydrogens (tertiary/aromatic N) is 2. The Morgan fingerprint density at radius 2 is 1.53 bits per heavy atom. The third-order valence-electron chi connectivity index (χ3n) is 6.76. The molecule has 6 heteroatoms. The number of rotatable bonds is 2. The van der Waals surface area contributed by atoms with E-state index in [1.54, 1.807) is 0 Å². The quantitative estimate of drug-likeness (QED) is 0.222. The molecule has 5 rings (SSSR count). The van der Waals surface area contributed by atoms with Crippen molar-refractivity contribution in [2.45, 2.75) is 25.1 Å². The van der Waals surface area contributed by atoms with Crippen LogP contribution in [0.5, 0.6) is 0 Å². The third kappa shape index (κ3) is 4.49. The summed E-state index contributed by atoms with van der Waals surface area (Å²) in [6, 6.07) is 17.1. The molecular weight excluding hydrogens is 487 g/mol. The van der Waals surface area contributed by atoms with Crippen LogP contribution in [0.3, 0.4) is 0 Å². The van der Waals surface area contributed by atoms with Crippen LogP contribution in [-0.4, -0.2) is 8.24 Å². The van der Waals surface area contributed by atoms with E-state index in [0.717, 1.165) is 17.8 Å². The summed E-state index contributed by atoms with van der Waals surface area (Å²) in [4.78, 5) is 0. The molecule has 2 aromatic rings. The van der Waals surface area contributed by atoms with Crippen molar-refractivity contribution < 1.29 is 17.0 Å². The van der Waals surface area contributed by atoms with E-state index in [0.29, 0.717) is 23.3 Å². The van der Waals surface area contributed by atoms with Crippen LogP contribution in [0, 0.1) is 37.5 Å². The average Bonchev–Trinajstić information content (AvgIpc) is 3.17. The topological polar surface area (TPSA) is 17.3 Å². The van der Waals surface area contributed by atoms with E-state index in [4.69, 9.17) is 30.4 Å². The van der Waals surface area contributed by atoms with Gasteiger partial charge in [0.05, 0.1) is 0 Å². The zero-order valence-electron chi connectivity index (χ0n) is 18.7. The summed E-state index contributed by atoms with van der Waals surface area (Å²) in [5.41, 5.74) is 5.09. The molecule has 0 radical (unpaired) electrons. The van der Waals surface area contributed by atoms with Crippen molar-refractivity contribution >= 4 is 49.6 Å². The Kier molecular flexibility index (Phi) is 8.42. The molecule has 32 heavy (non-hydrogen) atoms. The van der Waals surface area contributed by atoms with E-state index in [1.807, 2.05) is 0 Å². The summed E-state index contributed by atoms with van der Waals surface area (Å²) in [5.74, 6) is 4.61. The molecule has 4 atom stereocenters. The summed E-state index contributed by atoms with van der Waals surface area (Å²) in [6.07, 6.45) is 16.4. The molecule has 2 nitrogen and oxygen atoms in total. The van der Waals surface area contributed by atoms with Gasteiger partial charge in [-0.3, -0.25) is 0 Å². The second-order valence-corrected chi connectivity index (χ2v) is 15.7. The van der Waals surface area contributed by atoms with Crippen molar-refractivity contribution in [2.24, 2.45) is 17.8 Å². The molecule has 0 spiro atoms. The van der Waals surface area contributed by atoms with Crippen molar-refractivity contribution in [2.75, 3.05) is 4.57 Å². The van der Waals surface area contributed by atoms with E-state index in [9.17, 15) is 0 Å². The van der Waals surface area contributed by atoms with Gasteiger partial charge in [0.15, 0.2) is 8.24 Å². The molecule has 0 saturated heterocycles. The Hall–Kier alpha value is -1.41. The molecule has 166 valence electrons. The van der Waals surface area contributed by atoms with Gasteiger partial charge in [-0.1, -0.05) is 73.8 Å². The van der Waals surface area contributed by atoms with Gasteiger partial charge >= 0.3 is 35.6 Å². The fourth-order valence-corrected chi connectivity index (χ4v) is 10.1. The van der Waals surface area contributed by atoms with Crippen LogP contribution in [0.25, 0.3) is 5.32 Å². The first kappa shape index (κ1) is 25.2. The van der Waals surface area contributed by atoms with E-state index >= 15 is 0 Å². The number of fused-ring (bicyclic) bond motifs is 3. The summed E-state index contributed by atoms with van der Waals surface area (Å²) < 4.78 is 2.63. The number of halogens is 2. The number of terminal acetylenes is 1. The molecule has 0 N–H and O–H groups in total. The monoisotopic (exact) mass is 514 g/mol. The number of allylic oxidation sites excluding steroid dienone is 4. The molecule has 0 amide bonds. The molecule has 1 heterocycles. The molecule has 2 aliphatic carbocycles. The molecule has 0 bridgehead atoms. The van der Waals surface area contributed by atoms with Crippen LogP contribution in [-0.2, 0) is 17.0 Å². The number of hydrogen-bond donors (Lipinski definition) is 0. The van der Waals surface area contributed by atoms with E-state index < -0.39 is 25.3 Å². The Bertz CT molecular complexity index is 1000. The Morgan fingerprint density at radius 1 is 1.00 bits per heavy atom. The minimum absolute atomic E-state index is 0. The fraction of sp³-hybridized carbons (Fsp3) is 0.269. The predicted octanol–water partition coefficient (Wildman–Crippen LogP) is 8.89. The first-order valence-corrected chi connectivity index (χ1v) is 17.8. The number of hydrogen-bond acceptors (Lipinski definition) is 1. The van der Waals surface area contributed by atoms with E-state index in [1.165, 1.54) is 11.4 Å². The third-order valence-corrected chi connectivity index (χ3v) is 10.8. The van der Waals surface area contributed by atoms with Crippen molar-refractivity contribution in [1.82, 2.24) is 0 Å². The van der Waals surface area contributed by atoms with Gasteiger partial charge in [0.25, 0.3) is 0 Å². The van der Waals surface area contributed by atoms with Gasteiger partial charge in [-0.2, -0.15) is 0 Å². The van der Waals surface area contributed by atoms with Crippen molar-refractivity contribution in [1.29, 1.82) is 0 Å². The van der Waals surface area contributed by atoms with Crippen LogP contribution in [0.4, 0.5) is 22.7 Å². The Balaban J connectivity index is 0.000000686. The summed E-state index contributed by atoms with van der Waals surface area (Å²) >= 11 is -0.556. The molecule has 1 saturated carbocycles. The van der Waals surface area contributed by atoms with Gasteiger partial charge in [0.1, 0.15) is 0 Å². The maximum absolute atomic E-state index is 6.08. The molecular formula is C26H28Cl2N2SiTi-2. The van der Waals surface area contributed by atoms with E-state index in [-0.39, 0.29) is 7.43 Å². The van der Waals surface area contributed by atoms with Crippen LogP contribution >= 0.6 is 18.6 Å². The zero-order chi connectivity index (χ0) is 22.0. The number of para-hydroxylation sites is 4. The molecule has 2 aromatic carbocycles. The molecule has 0 aromatic heterocycles. The van der Waals surface area contributed by atoms with Gasteiger partial charge in [0.2, 0.25) is 0 Å². The van der Waals surface area contributed by atoms with Gasteiger partial charge < -0.3 is 17.3 Å². The fourth-order valence-electron chi connectivity index (χ4n) is 5.66. The number of anilines is 2.